The predicted molar refractivity (Wildman–Crippen MR) is 132 cm³/mol. The Morgan fingerprint density at radius 2 is 1.91 bits per heavy atom. The zero-order chi connectivity index (χ0) is 24.2. The van der Waals surface area contributed by atoms with Crippen LogP contribution in [-0.4, -0.2) is 76.3 Å². The van der Waals surface area contributed by atoms with E-state index in [1.165, 1.54) is 0 Å². The summed E-state index contributed by atoms with van der Waals surface area (Å²) in [4.78, 5) is 39.9. The van der Waals surface area contributed by atoms with Crippen LogP contribution in [0, 0.1) is 6.92 Å². The molecule has 3 aromatic rings. The van der Waals surface area contributed by atoms with E-state index in [1.54, 1.807) is 24.7 Å². The first kappa shape index (κ1) is 22.8. The van der Waals surface area contributed by atoms with Crippen molar-refractivity contribution in [2.45, 2.75) is 25.8 Å². The summed E-state index contributed by atoms with van der Waals surface area (Å²) in [7, 11) is 0. The van der Waals surface area contributed by atoms with Gasteiger partial charge in [-0.3, -0.25) is 9.59 Å². The monoisotopic (exact) mass is 475 g/mol. The van der Waals surface area contributed by atoms with Gasteiger partial charge in [-0.2, -0.15) is 5.10 Å². The molecule has 1 N–H and O–H groups in total. The molecule has 2 aromatic heterocycles. The Kier molecular flexibility index (Phi) is 6.60. The number of rotatable bonds is 6. The predicted octanol–water partition coefficient (Wildman–Crippen LogP) is 1.88. The Morgan fingerprint density at radius 1 is 1.11 bits per heavy atom. The van der Waals surface area contributed by atoms with Crippen LogP contribution in [-0.2, 0) is 0 Å². The van der Waals surface area contributed by atoms with Crippen LogP contribution in [0.25, 0.3) is 0 Å². The summed E-state index contributed by atoms with van der Waals surface area (Å²) >= 11 is 0. The van der Waals surface area contributed by atoms with E-state index < -0.39 is 0 Å². The van der Waals surface area contributed by atoms with Gasteiger partial charge in [0.25, 0.3) is 11.5 Å². The van der Waals surface area contributed by atoms with E-state index in [1.807, 2.05) is 36.1 Å². The molecule has 35 heavy (non-hydrogen) atoms. The van der Waals surface area contributed by atoms with Crippen LogP contribution in [0.5, 0.6) is 5.75 Å². The van der Waals surface area contributed by atoms with Crippen molar-refractivity contribution in [2.75, 3.05) is 49.1 Å². The summed E-state index contributed by atoms with van der Waals surface area (Å²) in [5.41, 5.74) is 1.96. The van der Waals surface area contributed by atoms with Gasteiger partial charge in [0.05, 0.1) is 17.9 Å². The van der Waals surface area contributed by atoms with E-state index in [0.29, 0.717) is 55.6 Å². The summed E-state index contributed by atoms with van der Waals surface area (Å²) in [6, 6.07) is 9.31. The molecule has 10 heteroatoms. The number of carbonyl (C=O) groups excluding carboxylic acids is 1. The molecular weight excluding hydrogens is 446 g/mol. The topological polar surface area (TPSA) is 108 Å². The first-order chi connectivity index (χ1) is 17.1. The van der Waals surface area contributed by atoms with Gasteiger partial charge in [0.1, 0.15) is 12.4 Å². The fourth-order valence-corrected chi connectivity index (χ4v) is 4.72. The number of hydrogen-bond donors (Lipinski definition) is 1. The second-order valence-electron chi connectivity index (χ2n) is 8.87. The lowest BCUT2D eigenvalue weighted by Gasteiger charge is -2.34. The number of aromatic amines is 1. The largest absolute Gasteiger partial charge is 0.491 e. The quantitative estimate of drug-likeness (QED) is 0.576. The lowest BCUT2D eigenvalue weighted by molar-refractivity contribution is 0.0745. The van der Waals surface area contributed by atoms with Crippen LogP contribution < -0.4 is 20.1 Å². The number of H-pyrrole nitrogens is 1. The van der Waals surface area contributed by atoms with Crippen LogP contribution >= 0.6 is 0 Å². The van der Waals surface area contributed by atoms with E-state index in [-0.39, 0.29) is 17.5 Å². The van der Waals surface area contributed by atoms with Gasteiger partial charge in [0.15, 0.2) is 0 Å². The zero-order valence-electron chi connectivity index (χ0n) is 19.8. The van der Waals surface area contributed by atoms with Crippen LogP contribution in [0.15, 0.2) is 53.7 Å². The van der Waals surface area contributed by atoms with Crippen molar-refractivity contribution in [3.63, 3.8) is 0 Å². The van der Waals surface area contributed by atoms with Crippen LogP contribution in [0.3, 0.4) is 0 Å². The second kappa shape index (κ2) is 10.1. The van der Waals surface area contributed by atoms with Gasteiger partial charge in [-0.15, -0.1) is 0 Å². The second-order valence-corrected chi connectivity index (χ2v) is 8.87. The molecule has 2 aliphatic heterocycles. The number of anilines is 2. The maximum Gasteiger partial charge on any atom is 0.269 e. The third kappa shape index (κ3) is 4.96. The number of aromatic nitrogens is 4. The first-order valence-corrected chi connectivity index (χ1v) is 11.9. The van der Waals surface area contributed by atoms with Crippen molar-refractivity contribution in [2.24, 2.45) is 0 Å². The van der Waals surface area contributed by atoms with Gasteiger partial charge in [0, 0.05) is 56.2 Å². The minimum Gasteiger partial charge on any atom is -0.491 e. The lowest BCUT2D eigenvalue weighted by atomic mass is 10.1. The highest BCUT2D eigenvalue weighted by Crippen LogP contribution is 2.27. The molecule has 0 spiro atoms. The maximum atomic E-state index is 13.1. The highest BCUT2D eigenvalue weighted by atomic mass is 16.5. The Morgan fingerprint density at radius 3 is 2.71 bits per heavy atom. The summed E-state index contributed by atoms with van der Waals surface area (Å²) in [6.07, 6.45) is 7.17. The molecule has 0 radical (unpaired) electrons. The average molecular weight is 476 g/mol. The minimum atomic E-state index is -0.169. The summed E-state index contributed by atoms with van der Waals surface area (Å²) in [6.45, 7) is 5.76. The molecule has 1 atom stereocenters. The van der Waals surface area contributed by atoms with E-state index >= 15 is 0 Å². The van der Waals surface area contributed by atoms with Crippen molar-refractivity contribution in [1.29, 1.82) is 0 Å². The van der Waals surface area contributed by atoms with E-state index in [9.17, 15) is 9.59 Å². The Bertz CT molecular complexity index is 1220. The molecule has 1 aromatic carbocycles. The van der Waals surface area contributed by atoms with Gasteiger partial charge in [0.2, 0.25) is 5.95 Å². The van der Waals surface area contributed by atoms with Gasteiger partial charge < -0.3 is 19.4 Å². The number of piperazine rings is 1. The maximum absolute atomic E-state index is 13.1. The number of amides is 1. The molecule has 0 unspecified atom stereocenters. The van der Waals surface area contributed by atoms with Crippen LogP contribution in [0.2, 0.25) is 0 Å². The standard InChI is InChI=1S/C25H29N7O3/c1-18-22(16-28-29-23(18)33)32-10-3-6-20(32)17-35-21-7-2-5-19(15-21)24(34)30-11-13-31(14-12-30)25-26-8-4-9-27-25/h2,4-5,7-9,15-16,20H,3,6,10-14,17H2,1H3,(H,29,33)/t20-/m0/s1. The Labute approximate surface area is 203 Å². The molecule has 0 aliphatic carbocycles. The molecule has 5 rings (SSSR count). The summed E-state index contributed by atoms with van der Waals surface area (Å²) < 4.78 is 6.12. The average Bonchev–Trinajstić information content (AvgIpc) is 3.38. The number of benzene rings is 1. The molecule has 0 bridgehead atoms. The van der Waals surface area contributed by atoms with Crippen molar-refractivity contribution >= 4 is 17.5 Å². The third-order valence-corrected chi connectivity index (χ3v) is 6.69. The molecule has 2 aliphatic rings. The summed E-state index contributed by atoms with van der Waals surface area (Å²) in [5.74, 6) is 1.36. The van der Waals surface area contributed by atoms with Crippen LogP contribution in [0.4, 0.5) is 11.6 Å². The molecule has 0 saturated carbocycles. The zero-order valence-corrected chi connectivity index (χ0v) is 19.8. The number of carbonyl (C=O) groups is 1. The number of nitrogens with zero attached hydrogens (tertiary/aromatic N) is 6. The Balaban J connectivity index is 1.20. The SMILES string of the molecule is Cc1c(N2CCC[C@H]2COc2cccc(C(=O)N3CCN(c4ncccn4)CC3)c2)cn[nH]c1=O. The first-order valence-electron chi connectivity index (χ1n) is 11.9. The van der Waals surface area contributed by atoms with Gasteiger partial charge >= 0.3 is 0 Å². The highest BCUT2D eigenvalue weighted by Gasteiger charge is 2.28. The smallest absolute Gasteiger partial charge is 0.269 e. The Hall–Kier alpha value is -3.95. The molecular formula is C25H29N7O3. The fourth-order valence-electron chi connectivity index (χ4n) is 4.72. The molecule has 2 fully saturated rings. The van der Waals surface area contributed by atoms with Crippen molar-refractivity contribution < 1.29 is 9.53 Å². The number of nitrogens with one attached hydrogen (secondary N) is 1. The number of ether oxygens (including phenoxy) is 1. The lowest BCUT2D eigenvalue weighted by Crippen LogP contribution is -2.49. The summed E-state index contributed by atoms with van der Waals surface area (Å²) in [5, 5.41) is 6.45. The molecule has 1 amide bonds. The van der Waals surface area contributed by atoms with Gasteiger partial charge in [-0.05, 0) is 44.0 Å². The van der Waals surface area contributed by atoms with Crippen LogP contribution in [0.1, 0.15) is 28.8 Å². The molecule has 2 saturated heterocycles. The van der Waals surface area contributed by atoms with Crippen molar-refractivity contribution in [3.8, 4) is 5.75 Å². The third-order valence-electron chi connectivity index (χ3n) is 6.69. The van der Waals surface area contributed by atoms with Crippen molar-refractivity contribution in [3.05, 3.63) is 70.4 Å². The van der Waals surface area contributed by atoms with Gasteiger partial charge in [-0.25, -0.2) is 15.1 Å². The van der Waals surface area contributed by atoms with E-state index in [4.69, 9.17) is 4.74 Å². The molecule has 10 nitrogen and oxygen atoms in total. The minimum absolute atomic E-state index is 0.00298. The van der Waals surface area contributed by atoms with E-state index in [0.717, 1.165) is 25.1 Å². The molecule has 182 valence electrons. The normalized spacial score (nSPS) is 18.1. The molecule has 4 heterocycles. The highest BCUT2D eigenvalue weighted by molar-refractivity contribution is 5.94. The number of hydrogen-bond acceptors (Lipinski definition) is 8. The van der Waals surface area contributed by atoms with E-state index in [2.05, 4.69) is 30.0 Å². The van der Waals surface area contributed by atoms with Crippen molar-refractivity contribution in [1.82, 2.24) is 25.1 Å². The van der Waals surface area contributed by atoms with Gasteiger partial charge in [-0.1, -0.05) is 6.07 Å². The fraction of sp³-hybridized carbons (Fsp3) is 0.400.